The number of rotatable bonds is 6. The number of hydrogen-bond acceptors (Lipinski definition) is 4. The van der Waals surface area contributed by atoms with E-state index < -0.39 is 23.0 Å². The molecule has 6 nitrogen and oxygen atoms in total. The van der Waals surface area contributed by atoms with Crippen molar-refractivity contribution in [2.45, 2.75) is 43.6 Å². The summed E-state index contributed by atoms with van der Waals surface area (Å²) in [4.78, 5) is 21.2. The summed E-state index contributed by atoms with van der Waals surface area (Å²) >= 11 is 10.9. The lowest BCUT2D eigenvalue weighted by Gasteiger charge is -2.19. The first-order chi connectivity index (χ1) is 12.0. The Bertz CT molecular complexity index is 679. The lowest BCUT2D eigenvalue weighted by Crippen LogP contribution is -2.46. The maximum atomic E-state index is 10.8. The van der Waals surface area contributed by atoms with Crippen molar-refractivity contribution in [2.24, 2.45) is 11.5 Å². The Labute approximate surface area is 163 Å². The monoisotopic (exact) mass is 402 g/mol. The predicted molar refractivity (Wildman–Crippen MR) is 103 cm³/mol. The number of carboxylic acids is 2. The molecule has 0 aliphatic carbocycles. The first kappa shape index (κ1) is 24.2. The molecule has 0 unspecified atom stereocenters. The molecular formula is C18H24Cl2N2O4. The van der Waals surface area contributed by atoms with Gasteiger partial charge in [-0.05, 0) is 25.0 Å². The fourth-order valence-electron chi connectivity index (χ4n) is 1.69. The molecule has 8 heteroatoms. The van der Waals surface area contributed by atoms with Crippen molar-refractivity contribution in [3.05, 3.63) is 35.4 Å². The molecule has 6 N–H and O–H groups in total. The van der Waals surface area contributed by atoms with Crippen molar-refractivity contribution in [3.8, 4) is 11.8 Å². The normalized spacial score (nSPS) is 14.5. The van der Waals surface area contributed by atoms with Crippen molar-refractivity contribution < 1.29 is 19.8 Å². The minimum atomic E-state index is -1.26. The van der Waals surface area contributed by atoms with Gasteiger partial charge in [-0.1, -0.05) is 36.1 Å². The van der Waals surface area contributed by atoms with E-state index in [1.54, 1.807) is 0 Å². The number of halogens is 2. The Hall–Kier alpha value is -1.78. The van der Waals surface area contributed by atoms with Crippen LogP contribution in [0.2, 0.25) is 0 Å². The topological polar surface area (TPSA) is 127 Å². The second-order valence-corrected chi connectivity index (χ2v) is 6.77. The zero-order chi connectivity index (χ0) is 20.4. The fourth-order valence-corrected chi connectivity index (χ4v) is 1.95. The Morgan fingerprint density at radius 1 is 1.04 bits per heavy atom. The zero-order valence-corrected chi connectivity index (χ0v) is 16.3. The summed E-state index contributed by atoms with van der Waals surface area (Å²) in [5.41, 5.74) is 10.4. The van der Waals surface area contributed by atoms with E-state index in [1.807, 2.05) is 24.3 Å². The SMILES string of the molecule is C[C@](N)(CC#CCCl)C(=O)O.C[C@](N)(Cc1cccc(CCl)c1)C(=O)O. The summed E-state index contributed by atoms with van der Waals surface area (Å²) in [5, 5.41) is 17.4. The van der Waals surface area contributed by atoms with E-state index in [2.05, 4.69) is 11.8 Å². The van der Waals surface area contributed by atoms with E-state index in [1.165, 1.54) is 13.8 Å². The molecule has 144 valence electrons. The predicted octanol–water partition coefficient (Wildman–Crippen LogP) is 2.19. The van der Waals surface area contributed by atoms with Gasteiger partial charge >= 0.3 is 11.9 Å². The van der Waals surface area contributed by atoms with Crippen LogP contribution in [0.3, 0.4) is 0 Å². The maximum Gasteiger partial charge on any atom is 0.324 e. The van der Waals surface area contributed by atoms with Crippen molar-refractivity contribution in [3.63, 3.8) is 0 Å². The van der Waals surface area contributed by atoms with Gasteiger partial charge < -0.3 is 21.7 Å². The zero-order valence-electron chi connectivity index (χ0n) is 14.8. The van der Waals surface area contributed by atoms with Crippen LogP contribution in [0.1, 0.15) is 31.4 Å². The van der Waals surface area contributed by atoms with Crippen LogP contribution in [0.25, 0.3) is 0 Å². The lowest BCUT2D eigenvalue weighted by atomic mass is 9.93. The molecule has 0 aromatic heterocycles. The molecule has 0 saturated heterocycles. The quantitative estimate of drug-likeness (QED) is 0.426. The minimum Gasteiger partial charge on any atom is -0.480 e. The lowest BCUT2D eigenvalue weighted by molar-refractivity contribution is -0.143. The molecule has 2 atom stereocenters. The number of nitrogens with two attached hydrogens (primary N) is 2. The number of aliphatic carboxylic acids is 2. The molecule has 1 rings (SSSR count). The maximum absolute atomic E-state index is 10.8. The second kappa shape index (κ2) is 11.0. The highest BCUT2D eigenvalue weighted by Gasteiger charge is 2.28. The molecule has 1 aromatic carbocycles. The van der Waals surface area contributed by atoms with E-state index >= 15 is 0 Å². The fraction of sp³-hybridized carbons (Fsp3) is 0.444. The minimum absolute atomic E-state index is 0.120. The third-order valence-electron chi connectivity index (χ3n) is 3.34. The largest absolute Gasteiger partial charge is 0.480 e. The van der Waals surface area contributed by atoms with Gasteiger partial charge in [-0.2, -0.15) is 0 Å². The van der Waals surface area contributed by atoms with Gasteiger partial charge in [0.2, 0.25) is 0 Å². The summed E-state index contributed by atoms with van der Waals surface area (Å²) < 4.78 is 0. The highest BCUT2D eigenvalue weighted by Crippen LogP contribution is 2.14. The van der Waals surface area contributed by atoms with Gasteiger partial charge in [0.15, 0.2) is 0 Å². The Morgan fingerprint density at radius 2 is 1.58 bits per heavy atom. The number of carboxylic acid groups (broad SMARTS) is 2. The molecule has 0 bridgehead atoms. The molecule has 26 heavy (non-hydrogen) atoms. The molecule has 0 heterocycles. The van der Waals surface area contributed by atoms with Crippen molar-refractivity contribution in [1.29, 1.82) is 0 Å². The smallest absolute Gasteiger partial charge is 0.324 e. The summed E-state index contributed by atoms with van der Waals surface area (Å²) in [7, 11) is 0. The van der Waals surface area contributed by atoms with Gasteiger partial charge in [0.05, 0.1) is 5.88 Å². The van der Waals surface area contributed by atoms with Crippen LogP contribution >= 0.6 is 23.2 Å². The number of hydrogen-bond donors (Lipinski definition) is 4. The van der Waals surface area contributed by atoms with Crippen LogP contribution in [0.15, 0.2) is 24.3 Å². The van der Waals surface area contributed by atoms with Gasteiger partial charge in [0.25, 0.3) is 0 Å². The number of benzene rings is 1. The molecule has 1 aromatic rings. The standard InChI is InChI=1S/C11H14ClNO2.C7H10ClNO2/c1-11(13,10(14)15)6-8-3-2-4-9(5-8)7-12;1-7(9,6(10)11)4-2-3-5-8/h2-5H,6-7,13H2,1H3,(H,14,15);4-5,9H2,1H3,(H,10,11)/t11-;7-/m00/s1. The first-order valence-corrected chi connectivity index (χ1v) is 8.73. The van der Waals surface area contributed by atoms with E-state index in [-0.39, 0.29) is 12.3 Å². The average Bonchev–Trinajstić information content (AvgIpc) is 2.55. The number of alkyl halides is 2. The summed E-state index contributed by atoms with van der Waals surface area (Å²) in [6, 6.07) is 7.47. The van der Waals surface area contributed by atoms with Crippen LogP contribution in [0.5, 0.6) is 0 Å². The molecule has 0 spiro atoms. The Kier molecular flexibility index (Phi) is 10.3. The van der Waals surface area contributed by atoms with Crippen LogP contribution in [0, 0.1) is 11.8 Å². The van der Waals surface area contributed by atoms with Gasteiger partial charge in [-0.25, -0.2) is 0 Å². The third-order valence-corrected chi connectivity index (χ3v) is 3.78. The summed E-state index contributed by atoms with van der Waals surface area (Å²) in [5.74, 6) is 3.67. The first-order valence-electron chi connectivity index (χ1n) is 7.66. The van der Waals surface area contributed by atoms with E-state index in [0.717, 1.165) is 11.1 Å². The molecule has 0 saturated carbocycles. The summed E-state index contributed by atoms with van der Waals surface area (Å²) in [6.45, 7) is 2.92. The molecule has 0 aliphatic rings. The molecule has 0 amide bonds. The van der Waals surface area contributed by atoms with Gasteiger partial charge in [-0.15, -0.1) is 23.2 Å². The molecule has 0 fully saturated rings. The van der Waals surface area contributed by atoms with E-state index in [4.69, 9.17) is 44.9 Å². The Morgan fingerprint density at radius 3 is 2.04 bits per heavy atom. The van der Waals surface area contributed by atoms with Gasteiger partial charge in [0, 0.05) is 18.7 Å². The second-order valence-electron chi connectivity index (χ2n) is 6.24. The third kappa shape index (κ3) is 9.07. The number of carbonyl (C=O) groups is 2. The van der Waals surface area contributed by atoms with Crippen LogP contribution < -0.4 is 11.5 Å². The van der Waals surface area contributed by atoms with E-state index in [9.17, 15) is 9.59 Å². The Balaban J connectivity index is 0.000000508. The van der Waals surface area contributed by atoms with Crippen molar-refractivity contribution in [1.82, 2.24) is 0 Å². The van der Waals surface area contributed by atoms with Crippen LogP contribution in [0.4, 0.5) is 0 Å². The van der Waals surface area contributed by atoms with Crippen LogP contribution in [-0.2, 0) is 21.9 Å². The van der Waals surface area contributed by atoms with E-state index in [0.29, 0.717) is 12.3 Å². The molecular weight excluding hydrogens is 379 g/mol. The highest BCUT2D eigenvalue weighted by molar-refractivity contribution is 6.19. The average molecular weight is 403 g/mol. The van der Waals surface area contributed by atoms with Gasteiger partial charge in [-0.3, -0.25) is 9.59 Å². The molecule has 0 radical (unpaired) electrons. The summed E-state index contributed by atoms with van der Waals surface area (Å²) in [6.07, 6.45) is 0.419. The highest BCUT2D eigenvalue weighted by atomic mass is 35.5. The molecule has 0 aliphatic heterocycles. The van der Waals surface area contributed by atoms with Gasteiger partial charge in [0.1, 0.15) is 11.1 Å². The van der Waals surface area contributed by atoms with Crippen molar-refractivity contribution in [2.75, 3.05) is 5.88 Å². The van der Waals surface area contributed by atoms with Crippen LogP contribution in [-0.4, -0.2) is 39.1 Å². The van der Waals surface area contributed by atoms with Crippen molar-refractivity contribution >= 4 is 35.1 Å².